The maximum absolute atomic E-state index is 12.3. The Kier molecular flexibility index (Phi) is 3.76. The number of nitrogens with zero attached hydrogens (tertiary/aromatic N) is 3. The molecule has 1 fully saturated rings. The summed E-state index contributed by atoms with van der Waals surface area (Å²) in [6.45, 7) is 2.27. The van der Waals surface area contributed by atoms with E-state index in [0.717, 1.165) is 5.56 Å². The second-order valence-corrected chi connectivity index (χ2v) is 5.36. The van der Waals surface area contributed by atoms with Gasteiger partial charge in [-0.2, -0.15) is 10.1 Å². The fourth-order valence-corrected chi connectivity index (χ4v) is 2.59. The smallest absolute Gasteiger partial charge is 0.345 e. The van der Waals surface area contributed by atoms with E-state index in [-0.39, 0.29) is 23.7 Å². The van der Waals surface area contributed by atoms with Gasteiger partial charge in [0.2, 0.25) is 0 Å². The zero-order chi connectivity index (χ0) is 15.7. The first kappa shape index (κ1) is 14.5. The van der Waals surface area contributed by atoms with Crippen LogP contribution in [-0.4, -0.2) is 38.3 Å². The van der Waals surface area contributed by atoms with Gasteiger partial charge >= 0.3 is 5.69 Å². The van der Waals surface area contributed by atoms with E-state index >= 15 is 0 Å². The number of amides is 1. The predicted octanol–water partition coefficient (Wildman–Crippen LogP) is 0.0718. The van der Waals surface area contributed by atoms with E-state index in [0.29, 0.717) is 18.7 Å². The molecule has 8 nitrogen and oxygen atoms in total. The molecule has 3 heterocycles. The van der Waals surface area contributed by atoms with E-state index < -0.39 is 5.69 Å². The maximum atomic E-state index is 12.3. The summed E-state index contributed by atoms with van der Waals surface area (Å²) in [5.74, 6) is -0.376. The summed E-state index contributed by atoms with van der Waals surface area (Å²) in [5, 5.41) is 7.01. The lowest BCUT2D eigenvalue weighted by Gasteiger charge is -2.18. The Labute approximate surface area is 126 Å². The molecule has 22 heavy (non-hydrogen) atoms. The minimum absolute atomic E-state index is 0.109. The highest BCUT2D eigenvalue weighted by molar-refractivity contribution is 5.92. The van der Waals surface area contributed by atoms with Crippen LogP contribution in [0.3, 0.4) is 0 Å². The molecule has 2 atom stereocenters. The maximum Gasteiger partial charge on any atom is 0.345 e. The molecular formula is C14H17N5O3. The Morgan fingerprint density at radius 3 is 3.05 bits per heavy atom. The Morgan fingerprint density at radius 2 is 2.36 bits per heavy atom. The Hall–Kier alpha value is -2.48. The summed E-state index contributed by atoms with van der Waals surface area (Å²) in [6.07, 6.45) is 4.06. The molecule has 1 aliphatic rings. The summed E-state index contributed by atoms with van der Waals surface area (Å²) in [4.78, 5) is 29.9. The Bertz CT molecular complexity index is 751. The average molecular weight is 303 g/mol. The molecular weight excluding hydrogens is 286 g/mol. The first-order valence-electron chi connectivity index (χ1n) is 7.02. The zero-order valence-electron chi connectivity index (χ0n) is 12.4. The van der Waals surface area contributed by atoms with E-state index in [1.165, 1.54) is 0 Å². The van der Waals surface area contributed by atoms with Crippen molar-refractivity contribution in [2.45, 2.75) is 25.5 Å². The minimum Gasteiger partial charge on any atom is -0.371 e. The van der Waals surface area contributed by atoms with Crippen molar-refractivity contribution in [2.24, 2.45) is 7.05 Å². The molecule has 116 valence electrons. The SMILES string of the molecule is Cc1cc(C(=O)N[C@H]2CCO[C@@H]2c2cnn(C)c2)nc(=O)[nH]1. The van der Waals surface area contributed by atoms with Gasteiger partial charge in [-0.25, -0.2) is 4.79 Å². The van der Waals surface area contributed by atoms with Gasteiger partial charge in [0.15, 0.2) is 0 Å². The number of aromatic nitrogens is 4. The summed E-state index contributed by atoms with van der Waals surface area (Å²) in [6, 6.07) is 1.38. The molecule has 0 bridgehead atoms. The number of hydrogen-bond acceptors (Lipinski definition) is 5. The third-order valence-corrected chi connectivity index (χ3v) is 3.57. The number of ether oxygens (including phenoxy) is 1. The van der Waals surface area contributed by atoms with Crippen molar-refractivity contribution < 1.29 is 9.53 Å². The quantitative estimate of drug-likeness (QED) is 0.835. The normalized spacial score (nSPS) is 21.0. The zero-order valence-corrected chi connectivity index (χ0v) is 12.4. The summed E-state index contributed by atoms with van der Waals surface area (Å²) in [7, 11) is 1.83. The largest absolute Gasteiger partial charge is 0.371 e. The van der Waals surface area contributed by atoms with Crippen LogP contribution in [0.4, 0.5) is 0 Å². The molecule has 8 heteroatoms. The molecule has 1 aliphatic heterocycles. The summed E-state index contributed by atoms with van der Waals surface area (Å²) in [5.41, 5.74) is 1.09. The molecule has 2 N–H and O–H groups in total. The van der Waals surface area contributed by atoms with Crippen molar-refractivity contribution in [1.29, 1.82) is 0 Å². The van der Waals surface area contributed by atoms with Crippen molar-refractivity contribution in [3.63, 3.8) is 0 Å². The number of carbonyl (C=O) groups is 1. The molecule has 0 spiro atoms. The molecule has 3 rings (SSSR count). The van der Waals surface area contributed by atoms with Gasteiger partial charge in [-0.1, -0.05) is 0 Å². The van der Waals surface area contributed by atoms with Gasteiger partial charge < -0.3 is 15.0 Å². The van der Waals surface area contributed by atoms with Crippen molar-refractivity contribution in [2.75, 3.05) is 6.61 Å². The predicted molar refractivity (Wildman–Crippen MR) is 77.4 cm³/mol. The average Bonchev–Trinajstić information content (AvgIpc) is 3.06. The monoisotopic (exact) mass is 303 g/mol. The van der Waals surface area contributed by atoms with Crippen molar-refractivity contribution >= 4 is 5.91 Å². The van der Waals surface area contributed by atoms with E-state index in [1.54, 1.807) is 23.9 Å². The van der Waals surface area contributed by atoms with Gasteiger partial charge in [-0.15, -0.1) is 0 Å². The highest BCUT2D eigenvalue weighted by Crippen LogP contribution is 2.28. The lowest BCUT2D eigenvalue weighted by Crippen LogP contribution is -2.38. The summed E-state index contributed by atoms with van der Waals surface area (Å²) >= 11 is 0. The number of aryl methyl sites for hydroxylation is 2. The number of nitrogens with one attached hydrogen (secondary N) is 2. The van der Waals surface area contributed by atoms with Gasteiger partial charge in [0.1, 0.15) is 11.8 Å². The van der Waals surface area contributed by atoms with Gasteiger partial charge in [-0.3, -0.25) is 9.48 Å². The standard InChI is InChI=1S/C14H17N5O3/c1-8-5-11(18-14(21)16-8)13(20)17-10-3-4-22-12(10)9-6-15-19(2)7-9/h5-7,10,12H,3-4H2,1-2H3,(H,17,20)(H,16,18,21)/t10-,12+/m0/s1. The molecule has 0 saturated carbocycles. The molecule has 1 saturated heterocycles. The third kappa shape index (κ3) is 2.91. The highest BCUT2D eigenvalue weighted by Gasteiger charge is 2.32. The number of carbonyl (C=O) groups excluding carboxylic acids is 1. The first-order chi connectivity index (χ1) is 10.5. The fraction of sp³-hybridized carbons (Fsp3) is 0.429. The van der Waals surface area contributed by atoms with Crippen LogP contribution in [0, 0.1) is 6.92 Å². The molecule has 0 aliphatic carbocycles. The van der Waals surface area contributed by atoms with Gasteiger partial charge in [0.05, 0.1) is 12.2 Å². The van der Waals surface area contributed by atoms with Gasteiger partial charge in [-0.05, 0) is 19.4 Å². The number of H-pyrrole nitrogens is 1. The highest BCUT2D eigenvalue weighted by atomic mass is 16.5. The molecule has 1 amide bonds. The molecule has 2 aromatic heterocycles. The van der Waals surface area contributed by atoms with E-state index in [2.05, 4.69) is 20.4 Å². The number of hydrogen-bond donors (Lipinski definition) is 2. The first-order valence-corrected chi connectivity index (χ1v) is 7.02. The number of aromatic amines is 1. The van der Waals surface area contributed by atoms with Crippen LogP contribution in [0.5, 0.6) is 0 Å². The Balaban J connectivity index is 1.76. The van der Waals surface area contributed by atoms with Crippen LogP contribution < -0.4 is 11.0 Å². The van der Waals surface area contributed by atoms with Crippen LogP contribution in [0.2, 0.25) is 0 Å². The van der Waals surface area contributed by atoms with Crippen molar-refractivity contribution in [3.8, 4) is 0 Å². The van der Waals surface area contributed by atoms with Crippen LogP contribution >= 0.6 is 0 Å². The third-order valence-electron chi connectivity index (χ3n) is 3.57. The van der Waals surface area contributed by atoms with E-state index in [9.17, 15) is 9.59 Å². The summed E-state index contributed by atoms with van der Waals surface area (Å²) < 4.78 is 7.38. The van der Waals surface area contributed by atoms with Crippen molar-refractivity contribution in [1.82, 2.24) is 25.1 Å². The van der Waals surface area contributed by atoms with Gasteiger partial charge in [0.25, 0.3) is 5.91 Å². The van der Waals surface area contributed by atoms with Crippen LogP contribution in [0.15, 0.2) is 23.3 Å². The van der Waals surface area contributed by atoms with Crippen LogP contribution in [-0.2, 0) is 11.8 Å². The second kappa shape index (κ2) is 5.72. The molecule has 2 aromatic rings. The van der Waals surface area contributed by atoms with Crippen molar-refractivity contribution in [3.05, 3.63) is 45.9 Å². The lowest BCUT2D eigenvalue weighted by molar-refractivity contribution is 0.0817. The second-order valence-electron chi connectivity index (χ2n) is 5.36. The van der Waals surface area contributed by atoms with E-state index in [1.807, 2.05) is 13.2 Å². The van der Waals surface area contributed by atoms with Gasteiger partial charge in [0, 0.05) is 31.1 Å². The molecule has 0 unspecified atom stereocenters. The Morgan fingerprint density at radius 1 is 1.55 bits per heavy atom. The van der Waals surface area contributed by atoms with E-state index in [4.69, 9.17) is 4.74 Å². The minimum atomic E-state index is -0.531. The van der Waals surface area contributed by atoms with Crippen LogP contribution in [0.1, 0.15) is 34.3 Å². The number of rotatable bonds is 3. The topological polar surface area (TPSA) is 102 Å². The molecule has 0 radical (unpaired) electrons. The molecule has 0 aromatic carbocycles. The van der Waals surface area contributed by atoms with Crippen LogP contribution in [0.25, 0.3) is 0 Å². The fourth-order valence-electron chi connectivity index (χ4n) is 2.59. The lowest BCUT2D eigenvalue weighted by atomic mass is 10.1.